The van der Waals surface area contributed by atoms with Crippen molar-refractivity contribution < 1.29 is 0 Å². The molecule has 84 valence electrons. The fourth-order valence-corrected chi connectivity index (χ4v) is 3.13. The molecule has 1 aromatic heterocycles. The minimum absolute atomic E-state index is 0.234. The van der Waals surface area contributed by atoms with E-state index in [0.29, 0.717) is 6.04 Å². The Hall–Kier alpha value is -0.450. The van der Waals surface area contributed by atoms with Crippen molar-refractivity contribution in [3.05, 3.63) is 16.1 Å². The van der Waals surface area contributed by atoms with Crippen LogP contribution in [-0.2, 0) is 6.42 Å². The van der Waals surface area contributed by atoms with Crippen LogP contribution in [0.4, 0.5) is 0 Å². The molecule has 2 unspecified atom stereocenters. The summed E-state index contributed by atoms with van der Waals surface area (Å²) in [7, 11) is 0. The zero-order valence-corrected chi connectivity index (χ0v) is 10.0. The van der Waals surface area contributed by atoms with E-state index in [1.807, 2.05) is 24.5 Å². The molecule has 0 bridgehead atoms. The minimum Gasteiger partial charge on any atom is -0.328 e. The molecule has 2 atom stereocenters. The number of nitrogens with one attached hydrogen (secondary N) is 1. The second-order valence-corrected chi connectivity index (χ2v) is 5.50. The first kappa shape index (κ1) is 11.0. The summed E-state index contributed by atoms with van der Waals surface area (Å²) in [4.78, 5) is 5.81. The van der Waals surface area contributed by atoms with Gasteiger partial charge in [-0.2, -0.15) is 0 Å². The van der Waals surface area contributed by atoms with Crippen molar-refractivity contribution >= 4 is 11.3 Å². The molecular weight excluding hydrogens is 206 g/mol. The van der Waals surface area contributed by atoms with Gasteiger partial charge in [0.15, 0.2) is 0 Å². The lowest BCUT2D eigenvalue weighted by atomic mass is 10.1. The molecule has 0 aliphatic carbocycles. The molecule has 4 heteroatoms. The Morgan fingerprint density at radius 2 is 2.53 bits per heavy atom. The molecule has 0 saturated carbocycles. The molecule has 0 amide bonds. The second-order valence-electron chi connectivity index (χ2n) is 4.35. The molecule has 2 rings (SSSR count). The molecule has 2 heterocycles. The lowest BCUT2D eigenvalue weighted by Crippen LogP contribution is -2.26. The van der Waals surface area contributed by atoms with Gasteiger partial charge in [0.1, 0.15) is 5.01 Å². The number of rotatable bonds is 3. The van der Waals surface area contributed by atoms with Crippen molar-refractivity contribution in [2.45, 2.75) is 44.7 Å². The van der Waals surface area contributed by atoms with Gasteiger partial charge in [-0.1, -0.05) is 6.42 Å². The van der Waals surface area contributed by atoms with Crippen LogP contribution in [0.5, 0.6) is 0 Å². The van der Waals surface area contributed by atoms with Gasteiger partial charge in [-0.3, -0.25) is 0 Å². The highest BCUT2D eigenvalue weighted by atomic mass is 32.1. The summed E-state index contributed by atoms with van der Waals surface area (Å²) in [5, 5.41) is 4.76. The van der Waals surface area contributed by atoms with Crippen LogP contribution in [0, 0.1) is 0 Å². The van der Waals surface area contributed by atoms with E-state index in [1.54, 1.807) is 0 Å². The number of piperidine rings is 1. The van der Waals surface area contributed by atoms with Gasteiger partial charge in [-0.25, -0.2) is 4.98 Å². The maximum absolute atomic E-state index is 5.78. The number of nitrogens with two attached hydrogens (primary N) is 1. The lowest BCUT2D eigenvalue weighted by molar-refractivity contribution is 0.411. The summed E-state index contributed by atoms with van der Waals surface area (Å²) in [6.07, 6.45) is 6.78. The molecule has 1 aliphatic heterocycles. The predicted molar refractivity (Wildman–Crippen MR) is 64.1 cm³/mol. The number of hydrogen-bond donors (Lipinski definition) is 2. The van der Waals surface area contributed by atoms with E-state index in [0.717, 1.165) is 13.0 Å². The minimum atomic E-state index is 0.234. The van der Waals surface area contributed by atoms with Crippen molar-refractivity contribution in [3.8, 4) is 0 Å². The summed E-state index contributed by atoms with van der Waals surface area (Å²) in [6, 6.07) is 0.725. The average Bonchev–Trinajstić information content (AvgIpc) is 2.67. The van der Waals surface area contributed by atoms with E-state index >= 15 is 0 Å². The molecule has 0 aromatic carbocycles. The van der Waals surface area contributed by atoms with Crippen molar-refractivity contribution in [1.82, 2.24) is 10.3 Å². The first-order valence-corrected chi connectivity index (χ1v) is 6.51. The van der Waals surface area contributed by atoms with Gasteiger partial charge < -0.3 is 11.1 Å². The van der Waals surface area contributed by atoms with Gasteiger partial charge >= 0.3 is 0 Å². The standard InChI is InChI=1S/C11H19N3S/c1-8(12)6-9-7-14-11(15-9)10-4-2-3-5-13-10/h7-8,10,13H,2-6,12H2,1H3. The fourth-order valence-electron chi connectivity index (χ4n) is 1.96. The van der Waals surface area contributed by atoms with Crippen LogP contribution in [0.2, 0.25) is 0 Å². The fraction of sp³-hybridized carbons (Fsp3) is 0.727. The third-order valence-corrected chi connectivity index (χ3v) is 3.84. The normalized spacial score (nSPS) is 24.0. The Labute approximate surface area is 95.1 Å². The number of thiazole rings is 1. The molecule has 0 spiro atoms. The first-order valence-electron chi connectivity index (χ1n) is 5.69. The Morgan fingerprint density at radius 1 is 1.67 bits per heavy atom. The Bertz CT molecular complexity index is 303. The van der Waals surface area contributed by atoms with Crippen molar-refractivity contribution in [2.75, 3.05) is 6.54 Å². The molecule has 1 saturated heterocycles. The van der Waals surface area contributed by atoms with Crippen LogP contribution in [0.25, 0.3) is 0 Å². The Kier molecular flexibility index (Phi) is 3.72. The molecule has 1 aliphatic rings. The number of aromatic nitrogens is 1. The van der Waals surface area contributed by atoms with Gasteiger partial charge in [0, 0.05) is 17.1 Å². The van der Waals surface area contributed by atoms with E-state index < -0.39 is 0 Å². The third kappa shape index (κ3) is 3.00. The number of nitrogens with zero attached hydrogens (tertiary/aromatic N) is 1. The predicted octanol–water partition coefficient (Wildman–Crippen LogP) is 1.85. The second kappa shape index (κ2) is 5.05. The highest BCUT2D eigenvalue weighted by Crippen LogP contribution is 2.27. The van der Waals surface area contributed by atoms with Gasteiger partial charge in [0.05, 0.1) is 6.04 Å². The zero-order valence-electron chi connectivity index (χ0n) is 9.20. The number of hydrogen-bond acceptors (Lipinski definition) is 4. The summed E-state index contributed by atoms with van der Waals surface area (Å²) in [6.45, 7) is 3.17. The van der Waals surface area contributed by atoms with Crippen molar-refractivity contribution in [3.63, 3.8) is 0 Å². The van der Waals surface area contributed by atoms with Gasteiger partial charge in [-0.05, 0) is 32.7 Å². The largest absolute Gasteiger partial charge is 0.328 e. The van der Waals surface area contributed by atoms with Gasteiger partial charge in [-0.15, -0.1) is 11.3 Å². The molecule has 1 aromatic rings. The van der Waals surface area contributed by atoms with E-state index in [-0.39, 0.29) is 6.04 Å². The highest BCUT2D eigenvalue weighted by molar-refractivity contribution is 7.11. The van der Waals surface area contributed by atoms with Crippen LogP contribution >= 0.6 is 11.3 Å². The maximum atomic E-state index is 5.78. The maximum Gasteiger partial charge on any atom is 0.110 e. The van der Waals surface area contributed by atoms with Crippen LogP contribution < -0.4 is 11.1 Å². The Morgan fingerprint density at radius 3 is 3.20 bits per heavy atom. The van der Waals surface area contributed by atoms with E-state index in [4.69, 9.17) is 5.73 Å². The summed E-state index contributed by atoms with van der Waals surface area (Å²) in [5.74, 6) is 0. The van der Waals surface area contributed by atoms with Crippen molar-refractivity contribution in [1.29, 1.82) is 0 Å². The van der Waals surface area contributed by atoms with Gasteiger partial charge in [0.2, 0.25) is 0 Å². The molecule has 3 nitrogen and oxygen atoms in total. The highest BCUT2D eigenvalue weighted by Gasteiger charge is 2.17. The van der Waals surface area contributed by atoms with Crippen molar-refractivity contribution in [2.24, 2.45) is 5.73 Å². The van der Waals surface area contributed by atoms with Crippen LogP contribution in [0.15, 0.2) is 6.20 Å². The molecule has 0 radical (unpaired) electrons. The first-order chi connectivity index (χ1) is 7.25. The SMILES string of the molecule is CC(N)Cc1cnc(C2CCCCN2)s1. The van der Waals surface area contributed by atoms with E-state index in [1.165, 1.54) is 29.1 Å². The average molecular weight is 225 g/mol. The monoisotopic (exact) mass is 225 g/mol. The van der Waals surface area contributed by atoms with E-state index in [2.05, 4.69) is 10.3 Å². The van der Waals surface area contributed by atoms with Crippen LogP contribution in [-0.4, -0.2) is 17.6 Å². The van der Waals surface area contributed by atoms with E-state index in [9.17, 15) is 0 Å². The third-order valence-electron chi connectivity index (χ3n) is 2.70. The molecular formula is C11H19N3S. The molecule has 1 fully saturated rings. The summed E-state index contributed by atoms with van der Waals surface area (Å²) < 4.78 is 0. The smallest absolute Gasteiger partial charge is 0.110 e. The summed E-state index contributed by atoms with van der Waals surface area (Å²) >= 11 is 1.81. The topological polar surface area (TPSA) is 50.9 Å². The van der Waals surface area contributed by atoms with Crippen LogP contribution in [0.3, 0.4) is 0 Å². The summed E-state index contributed by atoms with van der Waals surface area (Å²) in [5.41, 5.74) is 5.78. The zero-order chi connectivity index (χ0) is 10.7. The van der Waals surface area contributed by atoms with Crippen LogP contribution in [0.1, 0.15) is 42.1 Å². The molecule has 15 heavy (non-hydrogen) atoms. The Balaban J connectivity index is 1.99. The molecule has 3 N–H and O–H groups in total. The van der Waals surface area contributed by atoms with Gasteiger partial charge in [0.25, 0.3) is 0 Å². The quantitative estimate of drug-likeness (QED) is 0.825. The lowest BCUT2D eigenvalue weighted by Gasteiger charge is -2.21.